The van der Waals surface area contributed by atoms with Crippen molar-refractivity contribution in [3.05, 3.63) is 41.4 Å². The third-order valence-corrected chi connectivity index (χ3v) is 4.67. The highest BCUT2D eigenvalue weighted by Crippen LogP contribution is 2.23. The van der Waals surface area contributed by atoms with Crippen molar-refractivity contribution >= 4 is 29.7 Å². The number of hydrogen-bond acceptors (Lipinski definition) is 4. The summed E-state index contributed by atoms with van der Waals surface area (Å²) in [6, 6.07) is 10.1. The lowest BCUT2D eigenvalue weighted by atomic mass is 9.97. The van der Waals surface area contributed by atoms with E-state index in [0.717, 1.165) is 42.2 Å². The molecule has 3 rings (SSSR count). The van der Waals surface area contributed by atoms with E-state index in [2.05, 4.69) is 27.8 Å². The van der Waals surface area contributed by atoms with Crippen molar-refractivity contribution in [2.45, 2.75) is 19.4 Å². The summed E-state index contributed by atoms with van der Waals surface area (Å²) in [5.74, 6) is 0.309. The summed E-state index contributed by atoms with van der Waals surface area (Å²) in [6.45, 7) is 2.39. The van der Waals surface area contributed by atoms with Crippen molar-refractivity contribution in [3.63, 3.8) is 0 Å². The van der Waals surface area contributed by atoms with Gasteiger partial charge in [-0.05, 0) is 25.9 Å². The van der Waals surface area contributed by atoms with Crippen LogP contribution in [0.4, 0.5) is 0 Å². The van der Waals surface area contributed by atoms with Crippen molar-refractivity contribution < 1.29 is 4.79 Å². The Balaban J connectivity index is 0.00000176. The van der Waals surface area contributed by atoms with E-state index in [4.69, 9.17) is 0 Å². The Bertz CT molecular complexity index is 596. The molecule has 1 aromatic carbocycles. The monoisotopic (exact) mass is 337 g/mol. The highest BCUT2D eigenvalue weighted by Gasteiger charge is 2.20. The molecule has 1 fully saturated rings. The van der Waals surface area contributed by atoms with Crippen LogP contribution in [0.3, 0.4) is 0 Å². The van der Waals surface area contributed by atoms with Crippen molar-refractivity contribution in [2.24, 2.45) is 5.92 Å². The van der Waals surface area contributed by atoms with Crippen LogP contribution >= 0.6 is 23.7 Å². The van der Waals surface area contributed by atoms with Crippen molar-refractivity contribution in [2.75, 3.05) is 13.1 Å². The molecule has 1 saturated heterocycles. The number of benzene rings is 1. The molecule has 118 valence electrons. The number of aromatic nitrogens is 1. The van der Waals surface area contributed by atoms with Gasteiger partial charge in [0, 0.05) is 16.9 Å². The van der Waals surface area contributed by atoms with Crippen LogP contribution in [0, 0.1) is 5.92 Å². The quantitative estimate of drug-likeness (QED) is 0.902. The first-order chi connectivity index (χ1) is 10.3. The number of amides is 1. The average Bonchev–Trinajstić information content (AvgIpc) is 3.03. The summed E-state index contributed by atoms with van der Waals surface area (Å²) in [6.07, 6.45) is 1.86. The second-order valence-corrected chi connectivity index (χ2v) is 6.11. The molecule has 1 amide bonds. The number of hydrogen-bond donors (Lipinski definition) is 2. The minimum atomic E-state index is 0. The van der Waals surface area contributed by atoms with E-state index in [1.165, 1.54) is 0 Å². The smallest absolute Gasteiger partial charge is 0.223 e. The number of carbonyl (C=O) groups is 1. The fourth-order valence-electron chi connectivity index (χ4n) is 2.51. The Morgan fingerprint density at radius 1 is 1.27 bits per heavy atom. The van der Waals surface area contributed by atoms with Gasteiger partial charge < -0.3 is 10.6 Å². The van der Waals surface area contributed by atoms with Gasteiger partial charge in [-0.2, -0.15) is 0 Å². The molecule has 2 heterocycles. The van der Waals surface area contributed by atoms with Gasteiger partial charge in [0.05, 0.1) is 12.2 Å². The van der Waals surface area contributed by atoms with Crippen LogP contribution < -0.4 is 10.6 Å². The molecule has 2 aromatic rings. The van der Waals surface area contributed by atoms with Crippen LogP contribution in [0.25, 0.3) is 10.6 Å². The van der Waals surface area contributed by atoms with Gasteiger partial charge in [0.2, 0.25) is 5.91 Å². The minimum absolute atomic E-state index is 0. The zero-order chi connectivity index (χ0) is 14.5. The maximum Gasteiger partial charge on any atom is 0.223 e. The van der Waals surface area contributed by atoms with Crippen LogP contribution in [0.1, 0.15) is 18.5 Å². The van der Waals surface area contributed by atoms with Gasteiger partial charge in [0.25, 0.3) is 0 Å². The third kappa shape index (κ3) is 4.29. The first-order valence-electron chi connectivity index (χ1n) is 7.31. The number of nitrogens with one attached hydrogen (secondary N) is 2. The predicted molar refractivity (Wildman–Crippen MR) is 92.2 cm³/mol. The molecule has 0 radical (unpaired) electrons. The molecule has 22 heavy (non-hydrogen) atoms. The van der Waals surface area contributed by atoms with Crippen LogP contribution in [0.15, 0.2) is 35.7 Å². The Kier molecular flexibility index (Phi) is 6.36. The maximum absolute atomic E-state index is 12.1. The fourth-order valence-corrected chi connectivity index (χ4v) is 3.33. The number of thiazole rings is 1. The molecular formula is C16H20ClN3OS. The van der Waals surface area contributed by atoms with Crippen LogP contribution in [-0.2, 0) is 11.3 Å². The van der Waals surface area contributed by atoms with Gasteiger partial charge in [-0.1, -0.05) is 30.3 Å². The molecule has 0 bridgehead atoms. The van der Waals surface area contributed by atoms with Gasteiger partial charge in [-0.3, -0.25) is 4.79 Å². The van der Waals surface area contributed by atoms with E-state index in [9.17, 15) is 4.79 Å². The Morgan fingerprint density at radius 3 is 2.73 bits per heavy atom. The largest absolute Gasteiger partial charge is 0.350 e. The number of carbonyl (C=O) groups excluding carboxylic acids is 1. The Morgan fingerprint density at radius 2 is 2.00 bits per heavy atom. The van der Waals surface area contributed by atoms with Gasteiger partial charge in [-0.15, -0.1) is 23.7 Å². The lowest BCUT2D eigenvalue weighted by Gasteiger charge is -2.21. The second-order valence-electron chi connectivity index (χ2n) is 5.25. The minimum Gasteiger partial charge on any atom is -0.350 e. The standard InChI is InChI=1S/C16H19N3OS.ClH/c20-15(12-6-8-17-9-7-12)18-10-14-11-21-16(19-14)13-4-2-1-3-5-13;/h1-5,11-12,17H,6-10H2,(H,18,20);1H. The summed E-state index contributed by atoms with van der Waals surface area (Å²) in [5.41, 5.74) is 2.06. The van der Waals surface area contributed by atoms with E-state index in [1.54, 1.807) is 11.3 Å². The summed E-state index contributed by atoms with van der Waals surface area (Å²) in [4.78, 5) is 16.7. The molecule has 1 aliphatic rings. The molecule has 2 N–H and O–H groups in total. The van der Waals surface area contributed by atoms with E-state index >= 15 is 0 Å². The highest BCUT2D eigenvalue weighted by molar-refractivity contribution is 7.13. The van der Waals surface area contributed by atoms with Crippen LogP contribution in [0.2, 0.25) is 0 Å². The van der Waals surface area contributed by atoms with Gasteiger partial charge in [0.1, 0.15) is 5.01 Å². The van der Waals surface area contributed by atoms with E-state index in [1.807, 2.05) is 23.6 Å². The molecule has 0 unspecified atom stereocenters. The molecule has 4 nitrogen and oxygen atoms in total. The topological polar surface area (TPSA) is 54.0 Å². The predicted octanol–water partition coefficient (Wildman–Crippen LogP) is 2.85. The van der Waals surface area contributed by atoms with Crippen molar-refractivity contribution in [1.29, 1.82) is 0 Å². The zero-order valence-electron chi connectivity index (χ0n) is 12.2. The van der Waals surface area contributed by atoms with Crippen molar-refractivity contribution in [3.8, 4) is 10.6 Å². The second kappa shape index (κ2) is 8.27. The zero-order valence-corrected chi connectivity index (χ0v) is 13.9. The summed E-state index contributed by atoms with van der Waals surface area (Å²) in [7, 11) is 0. The highest BCUT2D eigenvalue weighted by atomic mass is 35.5. The first-order valence-corrected chi connectivity index (χ1v) is 8.19. The molecule has 0 aliphatic carbocycles. The van der Waals surface area contributed by atoms with Crippen molar-refractivity contribution in [1.82, 2.24) is 15.6 Å². The molecule has 0 saturated carbocycles. The van der Waals surface area contributed by atoms with Gasteiger partial charge in [-0.25, -0.2) is 4.98 Å². The molecular weight excluding hydrogens is 318 g/mol. The number of halogens is 1. The number of piperidine rings is 1. The van der Waals surface area contributed by atoms with E-state index in [0.29, 0.717) is 6.54 Å². The number of rotatable bonds is 4. The number of nitrogens with zero attached hydrogens (tertiary/aromatic N) is 1. The lowest BCUT2D eigenvalue weighted by molar-refractivity contribution is -0.125. The summed E-state index contributed by atoms with van der Waals surface area (Å²) >= 11 is 1.62. The van der Waals surface area contributed by atoms with Crippen LogP contribution in [-0.4, -0.2) is 24.0 Å². The van der Waals surface area contributed by atoms with Gasteiger partial charge in [0.15, 0.2) is 0 Å². The van der Waals surface area contributed by atoms with E-state index in [-0.39, 0.29) is 24.2 Å². The summed E-state index contributed by atoms with van der Waals surface area (Å²) < 4.78 is 0. The Labute approximate surface area is 140 Å². The lowest BCUT2D eigenvalue weighted by Crippen LogP contribution is -2.37. The molecule has 0 atom stereocenters. The SMILES string of the molecule is Cl.O=C(NCc1csc(-c2ccccc2)n1)C1CCNCC1. The average molecular weight is 338 g/mol. The maximum atomic E-state index is 12.1. The Hall–Kier alpha value is -1.43. The molecule has 6 heteroatoms. The van der Waals surface area contributed by atoms with Gasteiger partial charge >= 0.3 is 0 Å². The molecule has 0 spiro atoms. The summed E-state index contributed by atoms with van der Waals surface area (Å²) in [5, 5.41) is 9.31. The fraction of sp³-hybridized carbons (Fsp3) is 0.375. The molecule has 1 aromatic heterocycles. The third-order valence-electron chi connectivity index (χ3n) is 3.73. The van der Waals surface area contributed by atoms with E-state index < -0.39 is 0 Å². The van der Waals surface area contributed by atoms with Crippen LogP contribution in [0.5, 0.6) is 0 Å². The molecule has 1 aliphatic heterocycles. The first kappa shape index (κ1) is 16.9. The normalized spacial score (nSPS) is 15.1.